The Morgan fingerprint density at radius 3 is 2.33 bits per heavy atom. The number of carbonyl (C=O) groups excluding carboxylic acids is 2. The fourth-order valence-electron chi connectivity index (χ4n) is 6.03. The van der Waals surface area contributed by atoms with Gasteiger partial charge < -0.3 is 19.4 Å². The van der Waals surface area contributed by atoms with Gasteiger partial charge in [0.25, 0.3) is 11.8 Å². The molecule has 2 aliphatic heterocycles. The van der Waals surface area contributed by atoms with E-state index in [1.54, 1.807) is 29.2 Å². The van der Waals surface area contributed by atoms with Gasteiger partial charge in [0.15, 0.2) is 5.76 Å². The Hall–Kier alpha value is -4.13. The van der Waals surface area contributed by atoms with E-state index in [2.05, 4.69) is 17.0 Å². The number of hydrogen-bond donors (Lipinski definition) is 0. The molecule has 0 spiro atoms. The molecule has 3 fully saturated rings. The van der Waals surface area contributed by atoms with E-state index in [0.29, 0.717) is 24.2 Å². The minimum atomic E-state index is -0.304. The van der Waals surface area contributed by atoms with Gasteiger partial charge >= 0.3 is 0 Å². The molecule has 0 radical (unpaired) electrons. The van der Waals surface area contributed by atoms with E-state index in [1.807, 2.05) is 47.4 Å². The first-order valence-corrected chi connectivity index (χ1v) is 14.2. The molecule has 3 aromatic rings. The highest BCUT2D eigenvalue weighted by atomic mass is 19.1. The number of piperazine rings is 1. The van der Waals surface area contributed by atoms with Crippen molar-refractivity contribution in [3.05, 3.63) is 107 Å². The lowest BCUT2D eigenvalue weighted by molar-refractivity contribution is -0.149. The highest BCUT2D eigenvalue weighted by Gasteiger charge is 2.41. The molecular weight excluding hydrogens is 505 g/mol. The number of halogens is 1. The molecule has 0 aromatic heterocycles. The second-order valence-electron chi connectivity index (χ2n) is 10.8. The highest BCUT2D eigenvalue weighted by molar-refractivity contribution is 5.97. The first-order chi connectivity index (χ1) is 19.6. The standard InChI is InChI=1S/C33H34FN3O3/c34-28-11-5-4-8-26(28)23-37-29-12-6-7-13-30(29)40-31(33(37)39)22-24-14-16-25(17-15-24)32(38)36-20-18-35(19-21-36)27-9-2-1-3-10-27/h1-5,8-11,14-17,22,29-30H,6-7,12-13,18-21,23H2/b31-22+. The molecule has 40 heavy (non-hydrogen) atoms. The molecule has 0 N–H and O–H groups in total. The normalized spacial score (nSPS) is 22.2. The predicted octanol–water partition coefficient (Wildman–Crippen LogP) is 5.50. The fourth-order valence-corrected chi connectivity index (χ4v) is 6.03. The van der Waals surface area contributed by atoms with E-state index in [0.717, 1.165) is 44.3 Å². The van der Waals surface area contributed by atoms with Crippen LogP contribution in [-0.2, 0) is 16.1 Å². The molecule has 3 aliphatic rings. The first kappa shape index (κ1) is 26.1. The number of para-hydroxylation sites is 1. The van der Waals surface area contributed by atoms with Crippen LogP contribution < -0.4 is 4.90 Å². The summed E-state index contributed by atoms with van der Waals surface area (Å²) in [5.41, 5.74) is 3.10. The van der Waals surface area contributed by atoms with E-state index in [9.17, 15) is 14.0 Å². The number of nitrogens with zero attached hydrogens (tertiary/aromatic N) is 3. The first-order valence-electron chi connectivity index (χ1n) is 14.2. The molecule has 1 aliphatic carbocycles. The molecule has 1 saturated carbocycles. The van der Waals surface area contributed by atoms with Gasteiger partial charge in [0.2, 0.25) is 0 Å². The minimum Gasteiger partial charge on any atom is -0.482 e. The number of morpholine rings is 1. The van der Waals surface area contributed by atoms with Crippen LogP contribution in [-0.4, -0.2) is 59.9 Å². The van der Waals surface area contributed by atoms with Crippen molar-refractivity contribution in [2.75, 3.05) is 31.1 Å². The molecule has 2 unspecified atom stereocenters. The molecule has 2 amide bonds. The van der Waals surface area contributed by atoms with Gasteiger partial charge in [-0.2, -0.15) is 0 Å². The lowest BCUT2D eigenvalue weighted by Crippen LogP contribution is -2.54. The quantitative estimate of drug-likeness (QED) is 0.402. The second kappa shape index (κ2) is 11.5. The Morgan fingerprint density at radius 1 is 0.875 bits per heavy atom. The van der Waals surface area contributed by atoms with Crippen LogP contribution in [0, 0.1) is 5.82 Å². The van der Waals surface area contributed by atoms with Crippen molar-refractivity contribution in [2.45, 2.75) is 44.4 Å². The zero-order valence-corrected chi connectivity index (χ0v) is 22.5. The summed E-state index contributed by atoms with van der Waals surface area (Å²) < 4.78 is 20.7. The van der Waals surface area contributed by atoms with Crippen LogP contribution in [0.25, 0.3) is 6.08 Å². The molecule has 206 valence electrons. The highest BCUT2D eigenvalue weighted by Crippen LogP contribution is 2.34. The van der Waals surface area contributed by atoms with Crippen LogP contribution in [0.2, 0.25) is 0 Å². The Kier molecular flexibility index (Phi) is 7.53. The van der Waals surface area contributed by atoms with Crippen molar-refractivity contribution in [3.63, 3.8) is 0 Å². The van der Waals surface area contributed by atoms with Gasteiger partial charge in [0, 0.05) is 49.5 Å². The zero-order chi connectivity index (χ0) is 27.5. The monoisotopic (exact) mass is 539 g/mol. The number of rotatable bonds is 5. The molecule has 6 nitrogen and oxygen atoms in total. The van der Waals surface area contributed by atoms with Gasteiger partial charge in [-0.1, -0.05) is 55.0 Å². The molecule has 2 saturated heterocycles. The van der Waals surface area contributed by atoms with Crippen LogP contribution in [0.15, 0.2) is 84.6 Å². The summed E-state index contributed by atoms with van der Waals surface area (Å²) in [7, 11) is 0. The van der Waals surface area contributed by atoms with Crippen molar-refractivity contribution in [1.82, 2.24) is 9.80 Å². The summed E-state index contributed by atoms with van der Waals surface area (Å²) in [6, 6.07) is 24.2. The summed E-state index contributed by atoms with van der Waals surface area (Å²) in [5, 5.41) is 0. The smallest absolute Gasteiger partial charge is 0.289 e. The largest absolute Gasteiger partial charge is 0.482 e. The average molecular weight is 540 g/mol. The van der Waals surface area contributed by atoms with Crippen molar-refractivity contribution in [1.29, 1.82) is 0 Å². The Morgan fingerprint density at radius 2 is 1.57 bits per heavy atom. The fraction of sp³-hybridized carbons (Fsp3) is 0.333. The van der Waals surface area contributed by atoms with Crippen LogP contribution in [0.5, 0.6) is 0 Å². The van der Waals surface area contributed by atoms with Crippen LogP contribution in [0.1, 0.15) is 47.2 Å². The minimum absolute atomic E-state index is 0.0121. The van der Waals surface area contributed by atoms with E-state index in [-0.39, 0.29) is 42.1 Å². The average Bonchev–Trinajstić information content (AvgIpc) is 3.01. The number of benzene rings is 3. The third-order valence-electron chi connectivity index (χ3n) is 8.26. The van der Waals surface area contributed by atoms with E-state index >= 15 is 0 Å². The van der Waals surface area contributed by atoms with Gasteiger partial charge in [0.1, 0.15) is 11.9 Å². The van der Waals surface area contributed by atoms with Crippen LogP contribution in [0.3, 0.4) is 0 Å². The van der Waals surface area contributed by atoms with Crippen molar-refractivity contribution in [3.8, 4) is 0 Å². The van der Waals surface area contributed by atoms with Gasteiger partial charge in [-0.25, -0.2) is 4.39 Å². The topological polar surface area (TPSA) is 53.1 Å². The third-order valence-corrected chi connectivity index (χ3v) is 8.26. The summed E-state index contributed by atoms with van der Waals surface area (Å²) in [5.74, 6) is -0.238. The van der Waals surface area contributed by atoms with E-state index in [4.69, 9.17) is 4.74 Å². The maximum atomic E-state index is 14.5. The molecular formula is C33H34FN3O3. The van der Waals surface area contributed by atoms with Crippen LogP contribution >= 0.6 is 0 Å². The number of ether oxygens (including phenoxy) is 1. The lowest BCUT2D eigenvalue weighted by Gasteiger charge is -2.44. The van der Waals surface area contributed by atoms with Crippen molar-refractivity contribution >= 4 is 23.6 Å². The second-order valence-corrected chi connectivity index (χ2v) is 10.8. The molecule has 7 heteroatoms. The third kappa shape index (κ3) is 5.46. The van der Waals surface area contributed by atoms with E-state index < -0.39 is 0 Å². The maximum absolute atomic E-state index is 14.5. The number of hydrogen-bond acceptors (Lipinski definition) is 4. The number of amides is 2. The summed E-state index contributed by atoms with van der Waals surface area (Å²) >= 11 is 0. The van der Waals surface area contributed by atoms with Gasteiger partial charge in [-0.15, -0.1) is 0 Å². The van der Waals surface area contributed by atoms with Gasteiger partial charge in [-0.3, -0.25) is 9.59 Å². The summed E-state index contributed by atoms with van der Waals surface area (Å²) in [6.07, 6.45) is 5.45. The Bertz CT molecular complexity index is 1380. The molecule has 2 atom stereocenters. The van der Waals surface area contributed by atoms with Gasteiger partial charge in [-0.05, 0) is 61.2 Å². The van der Waals surface area contributed by atoms with Crippen LogP contribution in [0.4, 0.5) is 10.1 Å². The van der Waals surface area contributed by atoms with E-state index in [1.165, 1.54) is 11.8 Å². The number of carbonyl (C=O) groups is 2. The zero-order valence-electron chi connectivity index (χ0n) is 22.5. The Balaban J connectivity index is 1.14. The number of fused-ring (bicyclic) bond motifs is 1. The summed E-state index contributed by atoms with van der Waals surface area (Å²) in [6.45, 7) is 3.15. The van der Waals surface area contributed by atoms with Crippen molar-refractivity contribution in [2.24, 2.45) is 0 Å². The SMILES string of the molecule is O=C(c1ccc(/C=C2/OC3CCCCC3N(Cc3ccccc3F)C2=O)cc1)N1CCN(c2ccccc2)CC1. The molecule has 0 bridgehead atoms. The lowest BCUT2D eigenvalue weighted by atomic mass is 9.89. The Labute approximate surface area is 234 Å². The molecule has 2 heterocycles. The summed E-state index contributed by atoms with van der Waals surface area (Å²) in [4.78, 5) is 32.7. The van der Waals surface area contributed by atoms with Gasteiger partial charge in [0.05, 0.1) is 6.04 Å². The predicted molar refractivity (Wildman–Crippen MR) is 153 cm³/mol. The van der Waals surface area contributed by atoms with Crippen molar-refractivity contribution < 1.29 is 18.7 Å². The maximum Gasteiger partial charge on any atom is 0.289 e. The number of anilines is 1. The molecule has 3 aromatic carbocycles. The molecule has 6 rings (SSSR count).